The van der Waals surface area contributed by atoms with Gasteiger partial charge < -0.3 is 15.2 Å². The summed E-state index contributed by atoms with van der Waals surface area (Å²) in [4.78, 5) is 12.7. The van der Waals surface area contributed by atoms with Crippen molar-refractivity contribution in [3.8, 4) is 5.75 Å². The van der Waals surface area contributed by atoms with Gasteiger partial charge >= 0.3 is 12.4 Å². The first kappa shape index (κ1) is 23.9. The molecule has 3 aromatic carbocycles. The van der Waals surface area contributed by atoms with Gasteiger partial charge in [0.05, 0.1) is 11.1 Å². The fourth-order valence-corrected chi connectivity index (χ4v) is 3.78. The number of hydrogen-bond donors (Lipinski definition) is 2. The lowest BCUT2D eigenvalue weighted by molar-refractivity contribution is -0.138. The highest BCUT2D eigenvalue weighted by Gasteiger charge is 2.49. The maximum absolute atomic E-state index is 13.1. The van der Waals surface area contributed by atoms with Crippen LogP contribution in [0.25, 0.3) is 0 Å². The fourth-order valence-electron chi connectivity index (χ4n) is 3.60. The van der Waals surface area contributed by atoms with Crippen LogP contribution in [0, 0.1) is 0 Å². The molecule has 1 heterocycles. The number of benzene rings is 3. The first-order valence-corrected chi connectivity index (χ1v) is 10.0. The van der Waals surface area contributed by atoms with Gasteiger partial charge in [0, 0.05) is 21.8 Å². The topological polar surface area (TPSA) is 58.6 Å². The van der Waals surface area contributed by atoms with E-state index < -0.39 is 35.0 Å². The van der Waals surface area contributed by atoms with Gasteiger partial charge in [-0.1, -0.05) is 29.8 Å². The number of ether oxygens (including phenoxy) is 1. The Morgan fingerprint density at radius 1 is 0.853 bits per heavy atom. The van der Waals surface area contributed by atoms with Gasteiger partial charge in [0.1, 0.15) is 12.4 Å². The Hall–Kier alpha value is -3.24. The number of carbonyl (C=O) groups is 1. The molecule has 0 radical (unpaired) electrons. The van der Waals surface area contributed by atoms with Crippen LogP contribution in [0.15, 0.2) is 60.7 Å². The summed E-state index contributed by atoms with van der Waals surface area (Å²) in [6, 6.07) is 10.6. The van der Waals surface area contributed by atoms with Crippen molar-refractivity contribution in [2.75, 3.05) is 5.32 Å². The molecule has 1 atom stereocenters. The first-order valence-electron chi connectivity index (χ1n) is 9.64. The molecule has 1 amide bonds. The molecule has 3 aromatic rings. The van der Waals surface area contributed by atoms with E-state index >= 15 is 0 Å². The molecule has 0 aliphatic carbocycles. The summed E-state index contributed by atoms with van der Waals surface area (Å²) in [7, 11) is 0. The molecular weight excluding hydrogens is 488 g/mol. The van der Waals surface area contributed by atoms with Crippen LogP contribution < -0.4 is 10.1 Å². The molecule has 1 unspecified atom stereocenters. The summed E-state index contributed by atoms with van der Waals surface area (Å²) in [6.45, 7) is -0.218. The Bertz CT molecular complexity index is 1260. The van der Waals surface area contributed by atoms with Crippen molar-refractivity contribution in [3.63, 3.8) is 0 Å². The quantitative estimate of drug-likeness (QED) is 0.422. The first-order chi connectivity index (χ1) is 15.8. The molecule has 0 saturated heterocycles. The zero-order valence-electron chi connectivity index (χ0n) is 16.9. The van der Waals surface area contributed by atoms with Crippen LogP contribution in [-0.2, 0) is 29.4 Å². The van der Waals surface area contributed by atoms with E-state index in [9.17, 15) is 36.2 Å². The molecule has 1 aliphatic heterocycles. The number of rotatable bonds is 4. The van der Waals surface area contributed by atoms with E-state index in [0.717, 1.165) is 24.3 Å². The number of halogens is 7. The normalized spacial score (nSPS) is 17.9. The molecule has 4 nitrogen and oxygen atoms in total. The van der Waals surface area contributed by atoms with Crippen molar-refractivity contribution in [2.45, 2.75) is 24.6 Å². The minimum absolute atomic E-state index is 0.0327. The number of alkyl halides is 6. The molecule has 34 heavy (non-hydrogen) atoms. The maximum Gasteiger partial charge on any atom is 0.416 e. The number of fused-ring (bicyclic) bond motifs is 1. The average molecular weight is 502 g/mol. The van der Waals surface area contributed by atoms with Crippen molar-refractivity contribution in [3.05, 3.63) is 93.5 Å². The lowest BCUT2D eigenvalue weighted by Crippen LogP contribution is -2.35. The summed E-state index contributed by atoms with van der Waals surface area (Å²) >= 11 is 6.04. The highest BCUT2D eigenvalue weighted by Crippen LogP contribution is 2.46. The Morgan fingerprint density at radius 2 is 1.47 bits per heavy atom. The standard InChI is InChI=1S/C23H14ClF6NO3/c24-15-6-8-19(34-11-12-1-3-13(4-2-12)22(25,26)27)17(10-15)21(33)16-7-5-14(23(28,29)30)9-18(16)31-20(21)32/h1-10,33H,11H2,(H,31,32). The van der Waals surface area contributed by atoms with Gasteiger partial charge in [0.25, 0.3) is 5.91 Å². The zero-order chi connectivity index (χ0) is 24.9. The second kappa shape index (κ2) is 8.21. The van der Waals surface area contributed by atoms with Crippen molar-refractivity contribution in [1.29, 1.82) is 0 Å². The highest BCUT2D eigenvalue weighted by atomic mass is 35.5. The van der Waals surface area contributed by atoms with Crippen molar-refractivity contribution in [1.82, 2.24) is 0 Å². The van der Waals surface area contributed by atoms with Crippen molar-refractivity contribution in [2.24, 2.45) is 0 Å². The van der Waals surface area contributed by atoms with Crippen molar-refractivity contribution >= 4 is 23.2 Å². The predicted octanol–water partition coefficient (Wildman–Crippen LogP) is 6.14. The number of amides is 1. The van der Waals surface area contributed by atoms with E-state index in [1.165, 1.54) is 30.3 Å². The molecule has 1 aliphatic rings. The van der Waals surface area contributed by atoms with Crippen LogP contribution in [-0.4, -0.2) is 11.0 Å². The molecular formula is C23H14ClF6NO3. The number of aliphatic hydroxyl groups is 1. The van der Waals surface area contributed by atoms with Crippen LogP contribution >= 0.6 is 11.6 Å². The number of hydrogen-bond acceptors (Lipinski definition) is 3. The van der Waals surface area contributed by atoms with E-state index in [2.05, 4.69) is 5.32 Å². The summed E-state index contributed by atoms with van der Waals surface area (Å²) in [5, 5.41) is 13.7. The van der Waals surface area contributed by atoms with Crippen LogP contribution in [0.2, 0.25) is 5.02 Å². The Morgan fingerprint density at radius 3 is 2.09 bits per heavy atom. The molecule has 0 aromatic heterocycles. The largest absolute Gasteiger partial charge is 0.488 e. The van der Waals surface area contributed by atoms with Crippen LogP contribution in [0.1, 0.15) is 27.8 Å². The molecule has 4 rings (SSSR count). The number of carbonyl (C=O) groups excluding carboxylic acids is 1. The lowest BCUT2D eigenvalue weighted by atomic mass is 9.86. The number of nitrogens with one attached hydrogen (secondary N) is 1. The summed E-state index contributed by atoms with van der Waals surface area (Å²) in [5.74, 6) is -1.04. The third-order valence-electron chi connectivity index (χ3n) is 5.32. The van der Waals surface area contributed by atoms with E-state index in [-0.39, 0.29) is 34.2 Å². The van der Waals surface area contributed by atoms with Gasteiger partial charge in [-0.05, 0) is 48.0 Å². The van der Waals surface area contributed by atoms with E-state index in [0.29, 0.717) is 11.6 Å². The van der Waals surface area contributed by atoms with Crippen molar-refractivity contribution < 1.29 is 41.0 Å². The smallest absolute Gasteiger partial charge is 0.416 e. The Balaban J connectivity index is 1.68. The summed E-state index contributed by atoms with van der Waals surface area (Å²) in [6.07, 6.45) is -9.16. The summed E-state index contributed by atoms with van der Waals surface area (Å²) in [5.41, 5.74) is -4.39. The van der Waals surface area contributed by atoms with E-state index in [1.807, 2.05) is 0 Å². The molecule has 178 valence electrons. The van der Waals surface area contributed by atoms with Gasteiger partial charge in [0.15, 0.2) is 5.60 Å². The van der Waals surface area contributed by atoms with Gasteiger partial charge in [-0.2, -0.15) is 26.3 Å². The average Bonchev–Trinajstić information content (AvgIpc) is 3.02. The molecule has 0 saturated carbocycles. The molecule has 11 heteroatoms. The molecule has 2 N–H and O–H groups in total. The fraction of sp³-hybridized carbons (Fsp3) is 0.174. The Kier molecular flexibility index (Phi) is 5.77. The molecule has 0 bridgehead atoms. The second-order valence-corrected chi connectivity index (χ2v) is 7.98. The summed E-state index contributed by atoms with van der Waals surface area (Å²) < 4.78 is 83.1. The van der Waals surface area contributed by atoms with E-state index in [4.69, 9.17) is 16.3 Å². The van der Waals surface area contributed by atoms with Gasteiger partial charge in [-0.25, -0.2) is 0 Å². The zero-order valence-corrected chi connectivity index (χ0v) is 17.6. The van der Waals surface area contributed by atoms with Crippen LogP contribution in [0.3, 0.4) is 0 Å². The third-order valence-corrected chi connectivity index (χ3v) is 5.56. The monoisotopic (exact) mass is 501 g/mol. The van der Waals surface area contributed by atoms with Gasteiger partial charge in [-0.3, -0.25) is 4.79 Å². The SMILES string of the molecule is O=C1Nc2cc(C(F)(F)F)ccc2C1(O)c1cc(Cl)ccc1OCc1ccc(C(F)(F)F)cc1. The minimum atomic E-state index is -4.66. The minimum Gasteiger partial charge on any atom is -0.488 e. The van der Waals surface area contributed by atoms with Gasteiger partial charge in [-0.15, -0.1) is 0 Å². The second-order valence-electron chi connectivity index (χ2n) is 7.55. The number of anilines is 1. The van der Waals surface area contributed by atoms with Crippen LogP contribution in [0.4, 0.5) is 32.0 Å². The lowest BCUT2D eigenvalue weighted by Gasteiger charge is -2.25. The van der Waals surface area contributed by atoms with Gasteiger partial charge in [0.2, 0.25) is 0 Å². The highest BCUT2D eigenvalue weighted by molar-refractivity contribution is 6.30. The van der Waals surface area contributed by atoms with Crippen LogP contribution in [0.5, 0.6) is 5.75 Å². The maximum atomic E-state index is 13.1. The molecule has 0 fully saturated rings. The van der Waals surface area contributed by atoms with E-state index in [1.54, 1.807) is 0 Å². The molecule has 0 spiro atoms. The third kappa shape index (κ3) is 4.30. The predicted molar refractivity (Wildman–Crippen MR) is 110 cm³/mol. The Labute approximate surface area is 193 Å².